The van der Waals surface area contributed by atoms with E-state index in [9.17, 15) is 18.0 Å². The normalized spacial score (nSPS) is 19.5. The molecule has 0 bridgehead atoms. The van der Waals surface area contributed by atoms with Crippen molar-refractivity contribution in [2.75, 3.05) is 6.54 Å². The summed E-state index contributed by atoms with van der Waals surface area (Å²) in [5, 5.41) is 0. The highest BCUT2D eigenvalue weighted by Gasteiger charge is 2.49. The van der Waals surface area contributed by atoms with Crippen LogP contribution < -0.4 is 0 Å². The molecule has 0 spiro atoms. The highest BCUT2D eigenvalue weighted by Crippen LogP contribution is 2.42. The summed E-state index contributed by atoms with van der Waals surface area (Å²) in [4.78, 5) is 10.9. The fourth-order valence-electron chi connectivity index (χ4n) is 2.28. The lowest BCUT2D eigenvalue weighted by Gasteiger charge is -2.38. The first-order valence-corrected chi connectivity index (χ1v) is 6.43. The SMILES string of the molecule is O=C(C(Cl)Cl)N1CCc2ccccc2C1C(F)(F)F. The molecule has 0 saturated heterocycles. The number of fused-ring (bicyclic) bond motifs is 1. The first kappa shape index (κ1) is 14.5. The summed E-state index contributed by atoms with van der Waals surface area (Å²) in [6, 6.07) is 4.23. The van der Waals surface area contributed by atoms with E-state index in [1.54, 1.807) is 12.1 Å². The standard InChI is InChI=1S/C12H10Cl2F3NO/c13-10(14)11(19)18-6-5-7-3-1-2-4-8(7)9(18)12(15,16)17/h1-4,9-10H,5-6H2. The zero-order valence-corrected chi connectivity index (χ0v) is 11.1. The second kappa shape index (κ2) is 5.21. The van der Waals surface area contributed by atoms with E-state index in [0.29, 0.717) is 16.9 Å². The molecule has 1 aliphatic heterocycles. The third-order valence-corrected chi connectivity index (χ3v) is 3.44. The van der Waals surface area contributed by atoms with Gasteiger partial charge in [0, 0.05) is 6.54 Å². The van der Waals surface area contributed by atoms with E-state index in [2.05, 4.69) is 0 Å². The van der Waals surface area contributed by atoms with Crippen molar-refractivity contribution in [3.8, 4) is 0 Å². The molecule has 0 N–H and O–H groups in total. The fourth-order valence-corrected chi connectivity index (χ4v) is 2.53. The molecule has 0 aromatic heterocycles. The average molecular weight is 312 g/mol. The third-order valence-electron chi connectivity index (χ3n) is 3.06. The molecule has 2 nitrogen and oxygen atoms in total. The molecule has 1 amide bonds. The molecule has 1 aromatic carbocycles. The van der Waals surface area contributed by atoms with Gasteiger partial charge in [-0.1, -0.05) is 47.5 Å². The zero-order valence-electron chi connectivity index (χ0n) is 9.62. The van der Waals surface area contributed by atoms with Crippen LogP contribution >= 0.6 is 23.2 Å². The highest BCUT2D eigenvalue weighted by atomic mass is 35.5. The van der Waals surface area contributed by atoms with Gasteiger partial charge in [0.1, 0.15) is 0 Å². The van der Waals surface area contributed by atoms with Crippen LogP contribution in [0.25, 0.3) is 0 Å². The van der Waals surface area contributed by atoms with E-state index in [-0.39, 0.29) is 12.1 Å². The number of benzene rings is 1. The van der Waals surface area contributed by atoms with Gasteiger partial charge in [0.2, 0.25) is 0 Å². The molecule has 1 heterocycles. The minimum absolute atomic E-state index is 0.0457. The Morgan fingerprint density at radius 1 is 1.32 bits per heavy atom. The van der Waals surface area contributed by atoms with E-state index in [1.807, 2.05) is 0 Å². The smallest absolute Gasteiger partial charge is 0.324 e. The van der Waals surface area contributed by atoms with Crippen molar-refractivity contribution in [3.05, 3.63) is 35.4 Å². The second-order valence-corrected chi connectivity index (χ2v) is 5.32. The van der Waals surface area contributed by atoms with Gasteiger partial charge in [-0.05, 0) is 17.5 Å². The quantitative estimate of drug-likeness (QED) is 0.727. The fraction of sp³-hybridized carbons (Fsp3) is 0.417. The van der Waals surface area contributed by atoms with Crippen LogP contribution in [-0.2, 0) is 11.2 Å². The molecular formula is C12H10Cl2F3NO. The summed E-state index contributed by atoms with van der Waals surface area (Å²) in [7, 11) is 0. The largest absolute Gasteiger partial charge is 0.413 e. The highest BCUT2D eigenvalue weighted by molar-refractivity contribution is 6.53. The molecule has 0 aliphatic carbocycles. The predicted molar refractivity (Wildman–Crippen MR) is 66.1 cm³/mol. The minimum atomic E-state index is -4.56. The van der Waals surface area contributed by atoms with Crippen LogP contribution in [0.4, 0.5) is 13.2 Å². The zero-order chi connectivity index (χ0) is 14.2. The Hall–Kier alpha value is -0.940. The van der Waals surface area contributed by atoms with Crippen LogP contribution in [0.15, 0.2) is 24.3 Å². The Morgan fingerprint density at radius 2 is 1.95 bits per heavy atom. The van der Waals surface area contributed by atoms with Crippen molar-refractivity contribution < 1.29 is 18.0 Å². The van der Waals surface area contributed by atoms with Crippen LogP contribution in [-0.4, -0.2) is 28.4 Å². The van der Waals surface area contributed by atoms with Gasteiger partial charge in [-0.2, -0.15) is 13.2 Å². The molecule has 0 fully saturated rings. The maximum atomic E-state index is 13.2. The van der Waals surface area contributed by atoms with Crippen molar-refractivity contribution in [2.45, 2.75) is 23.5 Å². The van der Waals surface area contributed by atoms with E-state index < -0.39 is 23.0 Å². The molecule has 1 atom stereocenters. The van der Waals surface area contributed by atoms with Gasteiger partial charge in [-0.25, -0.2) is 0 Å². The maximum absolute atomic E-state index is 13.2. The van der Waals surface area contributed by atoms with Gasteiger partial charge in [-0.3, -0.25) is 4.79 Å². The Kier molecular flexibility index (Phi) is 3.97. The number of alkyl halides is 5. The minimum Gasteiger partial charge on any atom is -0.324 e. The number of rotatable bonds is 1. The van der Waals surface area contributed by atoms with E-state index in [1.165, 1.54) is 12.1 Å². The van der Waals surface area contributed by atoms with Crippen LogP contribution in [0.3, 0.4) is 0 Å². The first-order chi connectivity index (χ1) is 8.82. The summed E-state index contributed by atoms with van der Waals surface area (Å²) in [6.45, 7) is -0.0457. The third kappa shape index (κ3) is 2.82. The first-order valence-electron chi connectivity index (χ1n) is 5.55. The molecule has 7 heteroatoms. The average Bonchev–Trinajstić information content (AvgIpc) is 2.35. The van der Waals surface area contributed by atoms with Crippen molar-refractivity contribution in [2.24, 2.45) is 0 Å². The Labute approximate surface area is 118 Å². The maximum Gasteiger partial charge on any atom is 0.413 e. The van der Waals surface area contributed by atoms with Gasteiger partial charge < -0.3 is 4.90 Å². The lowest BCUT2D eigenvalue weighted by molar-refractivity contribution is -0.193. The van der Waals surface area contributed by atoms with Crippen LogP contribution in [0.2, 0.25) is 0 Å². The summed E-state index contributed by atoms with van der Waals surface area (Å²) >= 11 is 10.8. The number of carbonyl (C=O) groups excluding carboxylic acids is 1. The lowest BCUT2D eigenvalue weighted by Crippen LogP contribution is -2.48. The summed E-state index contributed by atoms with van der Waals surface area (Å²) < 4.78 is 39.6. The number of nitrogens with zero attached hydrogens (tertiary/aromatic N) is 1. The van der Waals surface area contributed by atoms with Crippen LogP contribution in [0.5, 0.6) is 0 Å². The van der Waals surface area contributed by atoms with Gasteiger partial charge in [-0.15, -0.1) is 0 Å². The molecule has 19 heavy (non-hydrogen) atoms. The Balaban J connectivity index is 2.46. The van der Waals surface area contributed by atoms with Crippen molar-refractivity contribution in [3.63, 3.8) is 0 Å². The van der Waals surface area contributed by atoms with Gasteiger partial charge in [0.25, 0.3) is 5.91 Å². The van der Waals surface area contributed by atoms with E-state index >= 15 is 0 Å². The second-order valence-electron chi connectivity index (χ2n) is 4.23. The molecule has 1 unspecified atom stereocenters. The Bertz CT molecular complexity index is 490. The molecule has 0 saturated carbocycles. The van der Waals surface area contributed by atoms with Gasteiger partial charge >= 0.3 is 6.18 Å². The summed E-state index contributed by atoms with van der Waals surface area (Å²) in [5.74, 6) is -0.917. The van der Waals surface area contributed by atoms with Gasteiger partial charge in [0.15, 0.2) is 10.9 Å². The number of hydrogen-bond donors (Lipinski definition) is 0. The topological polar surface area (TPSA) is 20.3 Å². The molecule has 2 rings (SSSR count). The van der Waals surface area contributed by atoms with Crippen molar-refractivity contribution in [1.29, 1.82) is 0 Å². The number of carbonyl (C=O) groups is 1. The van der Waals surface area contributed by atoms with E-state index in [4.69, 9.17) is 23.2 Å². The molecule has 0 radical (unpaired) electrons. The molecular weight excluding hydrogens is 302 g/mol. The molecule has 1 aromatic rings. The summed E-state index contributed by atoms with van der Waals surface area (Å²) in [5.41, 5.74) is 0.679. The number of amides is 1. The number of halogens is 5. The number of hydrogen-bond acceptors (Lipinski definition) is 1. The monoisotopic (exact) mass is 311 g/mol. The summed E-state index contributed by atoms with van der Waals surface area (Å²) in [6.07, 6.45) is -4.20. The van der Waals surface area contributed by atoms with Crippen LogP contribution in [0, 0.1) is 0 Å². The molecule has 1 aliphatic rings. The van der Waals surface area contributed by atoms with Crippen LogP contribution in [0.1, 0.15) is 17.2 Å². The van der Waals surface area contributed by atoms with Gasteiger partial charge in [0.05, 0.1) is 0 Å². The predicted octanol–water partition coefficient (Wildman–Crippen LogP) is 3.48. The van der Waals surface area contributed by atoms with Crippen molar-refractivity contribution >= 4 is 29.1 Å². The lowest BCUT2D eigenvalue weighted by atomic mass is 9.92. The Morgan fingerprint density at radius 3 is 2.53 bits per heavy atom. The molecule has 104 valence electrons. The van der Waals surface area contributed by atoms with Crippen molar-refractivity contribution in [1.82, 2.24) is 4.90 Å². The van der Waals surface area contributed by atoms with E-state index in [0.717, 1.165) is 0 Å².